The van der Waals surface area contributed by atoms with E-state index in [-0.39, 0.29) is 6.29 Å². The SMILES string of the molecule is CCCCCCCOC(CC(C)C)OCCCCCCC. The van der Waals surface area contributed by atoms with Crippen LogP contribution in [0.15, 0.2) is 0 Å². The van der Waals surface area contributed by atoms with E-state index in [4.69, 9.17) is 9.47 Å². The molecule has 2 nitrogen and oxygen atoms in total. The maximum atomic E-state index is 5.94. The van der Waals surface area contributed by atoms with E-state index in [0.717, 1.165) is 19.6 Å². The lowest BCUT2D eigenvalue weighted by Crippen LogP contribution is -2.21. The van der Waals surface area contributed by atoms with Crippen LogP contribution in [0, 0.1) is 5.92 Å². The second-order valence-electron chi connectivity index (χ2n) is 6.63. The topological polar surface area (TPSA) is 18.5 Å². The van der Waals surface area contributed by atoms with E-state index in [1.807, 2.05) is 0 Å². The van der Waals surface area contributed by atoms with E-state index in [9.17, 15) is 0 Å². The van der Waals surface area contributed by atoms with Crippen LogP contribution >= 0.6 is 0 Å². The predicted molar refractivity (Wildman–Crippen MR) is 92.7 cm³/mol. The Balaban J connectivity index is 3.62. The first-order chi connectivity index (χ1) is 10.2. The lowest BCUT2D eigenvalue weighted by atomic mass is 10.1. The first kappa shape index (κ1) is 20.9. The summed E-state index contributed by atoms with van der Waals surface area (Å²) in [6.45, 7) is 10.7. The molecule has 0 spiro atoms. The molecule has 0 radical (unpaired) electrons. The Labute approximate surface area is 134 Å². The van der Waals surface area contributed by atoms with Gasteiger partial charge in [-0.3, -0.25) is 0 Å². The Hall–Kier alpha value is -0.0800. The van der Waals surface area contributed by atoms with Gasteiger partial charge in [-0.1, -0.05) is 79.1 Å². The molecule has 0 saturated carbocycles. The predicted octanol–water partition coefficient (Wildman–Crippen LogP) is 6.33. The molecule has 0 aliphatic heterocycles. The quantitative estimate of drug-likeness (QED) is 0.245. The minimum absolute atomic E-state index is 0.0161. The maximum absolute atomic E-state index is 5.94. The van der Waals surface area contributed by atoms with E-state index in [0.29, 0.717) is 5.92 Å². The van der Waals surface area contributed by atoms with Crippen LogP contribution < -0.4 is 0 Å². The summed E-state index contributed by atoms with van der Waals surface area (Å²) < 4.78 is 11.9. The number of hydrogen-bond donors (Lipinski definition) is 0. The zero-order valence-corrected chi connectivity index (χ0v) is 15.2. The highest BCUT2D eigenvalue weighted by molar-refractivity contribution is 4.52. The van der Waals surface area contributed by atoms with Gasteiger partial charge in [-0.15, -0.1) is 0 Å². The summed E-state index contributed by atoms with van der Waals surface area (Å²) in [4.78, 5) is 0. The fraction of sp³-hybridized carbons (Fsp3) is 1.00. The van der Waals surface area contributed by atoms with Gasteiger partial charge in [0.05, 0.1) is 0 Å². The van der Waals surface area contributed by atoms with Gasteiger partial charge in [-0.2, -0.15) is 0 Å². The molecule has 0 atom stereocenters. The zero-order valence-electron chi connectivity index (χ0n) is 15.2. The van der Waals surface area contributed by atoms with Crippen LogP contribution in [0.2, 0.25) is 0 Å². The normalized spacial score (nSPS) is 11.7. The van der Waals surface area contributed by atoms with Crippen LogP contribution in [0.4, 0.5) is 0 Å². The van der Waals surface area contributed by atoms with Crippen molar-refractivity contribution in [2.75, 3.05) is 13.2 Å². The van der Waals surface area contributed by atoms with Gasteiger partial charge in [0.1, 0.15) is 0 Å². The van der Waals surface area contributed by atoms with Crippen molar-refractivity contribution < 1.29 is 9.47 Å². The van der Waals surface area contributed by atoms with Crippen LogP contribution in [-0.2, 0) is 9.47 Å². The third-order valence-electron chi connectivity index (χ3n) is 3.77. The summed E-state index contributed by atoms with van der Waals surface area (Å²) in [7, 11) is 0. The van der Waals surface area contributed by atoms with Crippen molar-refractivity contribution in [3.63, 3.8) is 0 Å². The lowest BCUT2D eigenvalue weighted by Gasteiger charge is -2.20. The van der Waals surface area contributed by atoms with Crippen molar-refractivity contribution >= 4 is 0 Å². The largest absolute Gasteiger partial charge is 0.353 e. The van der Waals surface area contributed by atoms with E-state index >= 15 is 0 Å². The molecular formula is C19H40O2. The molecule has 0 rings (SSSR count). The average molecular weight is 301 g/mol. The van der Waals surface area contributed by atoms with Gasteiger partial charge in [0, 0.05) is 19.6 Å². The first-order valence-corrected chi connectivity index (χ1v) is 9.43. The van der Waals surface area contributed by atoms with Crippen molar-refractivity contribution in [3.05, 3.63) is 0 Å². The van der Waals surface area contributed by atoms with Crippen molar-refractivity contribution in [1.82, 2.24) is 0 Å². The number of rotatable bonds is 16. The van der Waals surface area contributed by atoms with Gasteiger partial charge >= 0.3 is 0 Å². The molecule has 0 N–H and O–H groups in total. The molecule has 0 aliphatic rings. The van der Waals surface area contributed by atoms with Crippen molar-refractivity contribution in [2.45, 2.75) is 105 Å². The molecule has 0 saturated heterocycles. The molecule has 0 heterocycles. The summed E-state index contributed by atoms with van der Waals surface area (Å²) in [5.74, 6) is 0.634. The Kier molecular flexibility index (Phi) is 16.2. The molecule has 0 bridgehead atoms. The summed E-state index contributed by atoms with van der Waals surface area (Å²) in [5.41, 5.74) is 0. The average Bonchev–Trinajstić information content (AvgIpc) is 2.45. The van der Waals surface area contributed by atoms with Crippen LogP contribution in [0.5, 0.6) is 0 Å². The monoisotopic (exact) mass is 300 g/mol. The summed E-state index contributed by atoms with van der Waals surface area (Å²) in [6.07, 6.45) is 14.0. The third kappa shape index (κ3) is 16.1. The summed E-state index contributed by atoms with van der Waals surface area (Å²) >= 11 is 0. The molecule has 0 aromatic carbocycles. The fourth-order valence-corrected chi connectivity index (χ4v) is 2.41. The molecule has 0 aromatic heterocycles. The van der Waals surface area contributed by atoms with Gasteiger partial charge in [-0.05, 0) is 18.8 Å². The van der Waals surface area contributed by atoms with Crippen molar-refractivity contribution in [2.24, 2.45) is 5.92 Å². The molecule has 21 heavy (non-hydrogen) atoms. The van der Waals surface area contributed by atoms with Crippen molar-refractivity contribution in [3.8, 4) is 0 Å². The molecule has 0 fully saturated rings. The minimum Gasteiger partial charge on any atom is -0.353 e. The molecule has 2 heteroatoms. The number of ether oxygens (including phenoxy) is 2. The van der Waals surface area contributed by atoms with Crippen molar-refractivity contribution in [1.29, 1.82) is 0 Å². The molecule has 0 aliphatic carbocycles. The Morgan fingerprint density at radius 1 is 0.619 bits per heavy atom. The Morgan fingerprint density at radius 2 is 1.05 bits per heavy atom. The molecule has 0 aromatic rings. The minimum atomic E-state index is 0.0161. The van der Waals surface area contributed by atoms with E-state index < -0.39 is 0 Å². The molecule has 128 valence electrons. The molecular weight excluding hydrogens is 260 g/mol. The van der Waals surface area contributed by atoms with Gasteiger partial charge in [-0.25, -0.2) is 0 Å². The van der Waals surface area contributed by atoms with Gasteiger partial charge < -0.3 is 9.47 Å². The van der Waals surface area contributed by atoms with E-state index in [2.05, 4.69) is 27.7 Å². The van der Waals surface area contributed by atoms with Crippen LogP contribution in [0.3, 0.4) is 0 Å². The fourth-order valence-electron chi connectivity index (χ4n) is 2.41. The Morgan fingerprint density at radius 3 is 1.43 bits per heavy atom. The number of hydrogen-bond acceptors (Lipinski definition) is 2. The highest BCUT2D eigenvalue weighted by Gasteiger charge is 2.11. The highest BCUT2D eigenvalue weighted by atomic mass is 16.7. The molecule has 0 amide bonds. The van der Waals surface area contributed by atoms with Gasteiger partial charge in [0.25, 0.3) is 0 Å². The van der Waals surface area contributed by atoms with Crippen LogP contribution in [-0.4, -0.2) is 19.5 Å². The standard InChI is InChI=1S/C19H40O2/c1-5-7-9-11-13-15-20-19(17-18(3)4)21-16-14-12-10-8-6-2/h18-19H,5-17H2,1-4H3. The number of unbranched alkanes of at least 4 members (excludes halogenated alkanes) is 8. The summed E-state index contributed by atoms with van der Waals surface area (Å²) in [6, 6.07) is 0. The second kappa shape index (κ2) is 16.3. The van der Waals surface area contributed by atoms with E-state index in [1.165, 1.54) is 64.2 Å². The highest BCUT2D eigenvalue weighted by Crippen LogP contribution is 2.13. The van der Waals surface area contributed by atoms with Gasteiger partial charge in [0.2, 0.25) is 0 Å². The first-order valence-electron chi connectivity index (χ1n) is 9.43. The van der Waals surface area contributed by atoms with Gasteiger partial charge in [0.15, 0.2) is 6.29 Å². The maximum Gasteiger partial charge on any atom is 0.157 e. The van der Waals surface area contributed by atoms with E-state index in [1.54, 1.807) is 0 Å². The smallest absolute Gasteiger partial charge is 0.157 e. The lowest BCUT2D eigenvalue weighted by molar-refractivity contribution is -0.152. The third-order valence-corrected chi connectivity index (χ3v) is 3.77. The zero-order chi connectivity index (χ0) is 15.8. The summed E-state index contributed by atoms with van der Waals surface area (Å²) in [5, 5.41) is 0. The Bertz CT molecular complexity index is 176. The molecule has 0 unspecified atom stereocenters. The van der Waals surface area contributed by atoms with Crippen LogP contribution in [0.25, 0.3) is 0 Å². The van der Waals surface area contributed by atoms with Crippen LogP contribution in [0.1, 0.15) is 98.3 Å². The second-order valence-corrected chi connectivity index (χ2v) is 6.63.